The third-order valence-corrected chi connectivity index (χ3v) is 5.49. The number of piperazine rings is 1. The molecule has 0 aliphatic carbocycles. The quantitative estimate of drug-likeness (QED) is 0.726. The maximum Gasteiger partial charge on any atom is 0.251 e. The molecule has 4 rings (SSSR count). The molecule has 29 heavy (non-hydrogen) atoms. The number of hydrogen-bond acceptors (Lipinski definition) is 4. The van der Waals surface area contributed by atoms with E-state index in [0.29, 0.717) is 31.5 Å². The summed E-state index contributed by atoms with van der Waals surface area (Å²) >= 11 is 0. The molecular weight excluding hydrogens is 366 g/mol. The Bertz CT molecular complexity index is 1050. The lowest BCUT2D eigenvalue weighted by atomic mass is 10.1. The van der Waals surface area contributed by atoms with Crippen molar-refractivity contribution >= 4 is 22.5 Å². The number of H-pyrrole nitrogens is 1. The van der Waals surface area contributed by atoms with Gasteiger partial charge in [-0.05, 0) is 42.8 Å². The van der Waals surface area contributed by atoms with Crippen molar-refractivity contribution in [1.82, 2.24) is 9.88 Å². The second-order valence-electron chi connectivity index (χ2n) is 7.28. The van der Waals surface area contributed by atoms with Gasteiger partial charge >= 0.3 is 0 Å². The van der Waals surface area contributed by atoms with E-state index in [2.05, 4.69) is 22.0 Å². The van der Waals surface area contributed by atoms with E-state index in [9.17, 15) is 9.59 Å². The molecule has 0 atom stereocenters. The summed E-state index contributed by atoms with van der Waals surface area (Å²) in [5, 5.41) is 0.905. The number of para-hydroxylation sites is 1. The highest BCUT2D eigenvalue weighted by molar-refractivity contribution is 5.81. The smallest absolute Gasteiger partial charge is 0.251 e. The Morgan fingerprint density at radius 3 is 2.52 bits per heavy atom. The van der Waals surface area contributed by atoms with E-state index in [1.807, 2.05) is 47.4 Å². The number of methoxy groups -OCH3 is 1. The second-order valence-corrected chi connectivity index (χ2v) is 7.28. The van der Waals surface area contributed by atoms with Crippen LogP contribution in [0.4, 0.5) is 5.69 Å². The third kappa shape index (κ3) is 4.26. The van der Waals surface area contributed by atoms with Gasteiger partial charge in [0.2, 0.25) is 5.91 Å². The summed E-state index contributed by atoms with van der Waals surface area (Å²) < 4.78 is 5.25. The summed E-state index contributed by atoms with van der Waals surface area (Å²) in [5.41, 5.74) is 2.45. The number of ether oxygens (including phenoxy) is 1. The molecule has 6 nitrogen and oxygen atoms in total. The van der Waals surface area contributed by atoms with Crippen molar-refractivity contribution in [3.8, 4) is 5.75 Å². The van der Waals surface area contributed by atoms with Gasteiger partial charge in [0, 0.05) is 54.8 Å². The lowest BCUT2D eigenvalue weighted by Crippen LogP contribution is -2.48. The van der Waals surface area contributed by atoms with Crippen LogP contribution in [0.5, 0.6) is 5.75 Å². The fourth-order valence-corrected chi connectivity index (χ4v) is 3.80. The van der Waals surface area contributed by atoms with E-state index in [1.165, 1.54) is 5.69 Å². The number of aromatic nitrogens is 1. The van der Waals surface area contributed by atoms with Crippen LogP contribution in [0.2, 0.25) is 0 Å². The van der Waals surface area contributed by atoms with Gasteiger partial charge in [0.05, 0.1) is 7.11 Å². The summed E-state index contributed by atoms with van der Waals surface area (Å²) in [6.07, 6.45) is 0.768. The number of aryl methyl sites for hydroxylation is 1. The Morgan fingerprint density at radius 2 is 1.79 bits per heavy atom. The molecule has 1 amide bonds. The maximum absolute atomic E-state index is 12.7. The van der Waals surface area contributed by atoms with Gasteiger partial charge < -0.3 is 19.5 Å². The van der Waals surface area contributed by atoms with E-state index in [0.717, 1.165) is 29.7 Å². The number of carbonyl (C=O) groups is 1. The number of nitrogens with zero attached hydrogens (tertiary/aromatic N) is 2. The van der Waals surface area contributed by atoms with Crippen molar-refractivity contribution in [3.63, 3.8) is 0 Å². The van der Waals surface area contributed by atoms with Crippen molar-refractivity contribution in [2.75, 3.05) is 38.2 Å². The molecule has 0 unspecified atom stereocenters. The molecule has 2 aromatic carbocycles. The first-order chi connectivity index (χ1) is 14.1. The Kier molecular flexibility index (Phi) is 5.51. The lowest BCUT2D eigenvalue weighted by Gasteiger charge is -2.36. The Balaban J connectivity index is 1.37. The minimum atomic E-state index is -0.135. The number of aromatic amines is 1. The highest BCUT2D eigenvalue weighted by Gasteiger charge is 2.21. The molecule has 150 valence electrons. The molecule has 1 fully saturated rings. The van der Waals surface area contributed by atoms with E-state index in [4.69, 9.17) is 4.74 Å². The Labute approximate surface area is 169 Å². The summed E-state index contributed by atoms with van der Waals surface area (Å²) in [5.74, 6) is 0.839. The van der Waals surface area contributed by atoms with Gasteiger partial charge in [0.1, 0.15) is 5.75 Å². The highest BCUT2D eigenvalue weighted by Crippen LogP contribution is 2.20. The molecule has 0 saturated carbocycles. The molecule has 0 bridgehead atoms. The SMILES string of the molecule is COc1ccc2[nH]c(=O)c(CCC(=O)N3CCN(c4ccccc4)CC3)cc2c1. The zero-order chi connectivity index (χ0) is 20.2. The van der Waals surface area contributed by atoms with E-state index in [-0.39, 0.29) is 11.5 Å². The first-order valence-corrected chi connectivity index (χ1v) is 9.92. The van der Waals surface area contributed by atoms with E-state index in [1.54, 1.807) is 7.11 Å². The number of amides is 1. The summed E-state index contributed by atoms with van der Waals surface area (Å²) in [6.45, 7) is 3.07. The molecule has 1 aliphatic rings. The maximum atomic E-state index is 12.7. The monoisotopic (exact) mass is 391 g/mol. The van der Waals surface area contributed by atoms with Gasteiger partial charge in [-0.3, -0.25) is 9.59 Å². The van der Waals surface area contributed by atoms with Crippen molar-refractivity contribution in [1.29, 1.82) is 0 Å². The summed E-state index contributed by atoms with van der Waals surface area (Å²) in [7, 11) is 1.62. The molecule has 2 heterocycles. The van der Waals surface area contributed by atoms with Crippen LogP contribution >= 0.6 is 0 Å². The van der Waals surface area contributed by atoms with Crippen LogP contribution in [0.15, 0.2) is 59.4 Å². The number of pyridine rings is 1. The zero-order valence-electron chi connectivity index (χ0n) is 16.6. The minimum Gasteiger partial charge on any atom is -0.497 e. The van der Waals surface area contributed by atoms with Gasteiger partial charge in [-0.2, -0.15) is 0 Å². The fourth-order valence-electron chi connectivity index (χ4n) is 3.80. The molecule has 0 spiro atoms. The third-order valence-electron chi connectivity index (χ3n) is 5.49. The number of anilines is 1. The normalized spacial score (nSPS) is 14.2. The Hall–Kier alpha value is -3.28. The van der Waals surface area contributed by atoms with Crippen LogP contribution in [-0.4, -0.2) is 49.1 Å². The molecule has 1 saturated heterocycles. The first kappa shape index (κ1) is 19.1. The molecule has 1 N–H and O–H groups in total. The number of rotatable bonds is 5. The van der Waals surface area contributed by atoms with Gasteiger partial charge in [-0.25, -0.2) is 0 Å². The zero-order valence-corrected chi connectivity index (χ0v) is 16.6. The minimum absolute atomic E-state index is 0.0999. The van der Waals surface area contributed by atoms with Crippen molar-refractivity contribution < 1.29 is 9.53 Å². The van der Waals surface area contributed by atoms with Crippen LogP contribution in [0.3, 0.4) is 0 Å². The van der Waals surface area contributed by atoms with Gasteiger partial charge in [0.15, 0.2) is 0 Å². The van der Waals surface area contributed by atoms with Gasteiger partial charge in [0.25, 0.3) is 5.56 Å². The number of carbonyl (C=O) groups excluding carboxylic acids is 1. The molecular formula is C23H25N3O3. The topological polar surface area (TPSA) is 65.6 Å². The molecule has 1 aromatic heterocycles. The van der Waals surface area contributed by atoms with Crippen molar-refractivity contribution in [2.45, 2.75) is 12.8 Å². The average Bonchev–Trinajstić information content (AvgIpc) is 2.78. The first-order valence-electron chi connectivity index (χ1n) is 9.92. The van der Waals surface area contributed by atoms with Crippen LogP contribution in [0, 0.1) is 0 Å². The fraction of sp³-hybridized carbons (Fsp3) is 0.304. The van der Waals surface area contributed by atoms with Crippen LogP contribution in [-0.2, 0) is 11.2 Å². The average molecular weight is 391 g/mol. The van der Waals surface area contributed by atoms with Crippen molar-refractivity contribution in [3.05, 3.63) is 70.5 Å². The van der Waals surface area contributed by atoms with E-state index < -0.39 is 0 Å². The largest absolute Gasteiger partial charge is 0.497 e. The molecule has 0 radical (unpaired) electrons. The predicted octanol–water partition coefficient (Wildman–Crippen LogP) is 2.82. The number of benzene rings is 2. The van der Waals surface area contributed by atoms with E-state index >= 15 is 0 Å². The van der Waals surface area contributed by atoms with Crippen LogP contribution < -0.4 is 15.2 Å². The standard InChI is InChI=1S/C23H25N3O3/c1-29-20-8-9-21-18(16-20)15-17(23(28)24-21)7-10-22(27)26-13-11-25(12-14-26)19-5-3-2-4-6-19/h2-6,8-9,15-16H,7,10-14H2,1H3,(H,24,28). The lowest BCUT2D eigenvalue weighted by molar-refractivity contribution is -0.131. The van der Waals surface area contributed by atoms with Crippen LogP contribution in [0.25, 0.3) is 10.9 Å². The molecule has 3 aromatic rings. The number of hydrogen-bond donors (Lipinski definition) is 1. The second kappa shape index (κ2) is 8.39. The highest BCUT2D eigenvalue weighted by atomic mass is 16.5. The Morgan fingerprint density at radius 1 is 1.03 bits per heavy atom. The predicted molar refractivity (Wildman–Crippen MR) is 115 cm³/mol. The number of nitrogens with one attached hydrogen (secondary N) is 1. The molecule has 6 heteroatoms. The van der Waals surface area contributed by atoms with Gasteiger partial charge in [-0.1, -0.05) is 18.2 Å². The summed E-state index contributed by atoms with van der Waals surface area (Å²) in [4.78, 5) is 32.1. The molecule has 1 aliphatic heterocycles. The number of fused-ring (bicyclic) bond motifs is 1. The van der Waals surface area contributed by atoms with Crippen molar-refractivity contribution in [2.24, 2.45) is 0 Å². The van der Waals surface area contributed by atoms with Crippen LogP contribution in [0.1, 0.15) is 12.0 Å². The van der Waals surface area contributed by atoms with Gasteiger partial charge in [-0.15, -0.1) is 0 Å². The summed E-state index contributed by atoms with van der Waals surface area (Å²) in [6, 6.07) is 17.7.